The lowest BCUT2D eigenvalue weighted by Crippen LogP contribution is -2.36. The van der Waals surface area contributed by atoms with E-state index in [1.165, 1.54) is 12.1 Å². The molecule has 0 aliphatic carbocycles. The van der Waals surface area contributed by atoms with E-state index in [-0.39, 0.29) is 11.4 Å². The molecule has 164 valence electrons. The molecule has 0 amide bonds. The fourth-order valence-electron chi connectivity index (χ4n) is 4.18. The van der Waals surface area contributed by atoms with Crippen LogP contribution in [0.15, 0.2) is 59.8 Å². The minimum Gasteiger partial charge on any atom is -0.378 e. The Hall–Kier alpha value is -2.72. The van der Waals surface area contributed by atoms with Gasteiger partial charge in [0.25, 0.3) is 5.56 Å². The maximum atomic E-state index is 13.7. The summed E-state index contributed by atoms with van der Waals surface area (Å²) in [6.07, 6.45) is 5.68. The highest BCUT2D eigenvalue weighted by Crippen LogP contribution is 2.31. The highest BCUT2D eigenvalue weighted by atomic mass is 127. The van der Waals surface area contributed by atoms with Gasteiger partial charge in [-0.05, 0) is 64.0 Å². The lowest BCUT2D eigenvalue weighted by atomic mass is 10.1. The van der Waals surface area contributed by atoms with Crippen molar-refractivity contribution in [3.8, 4) is 11.1 Å². The van der Waals surface area contributed by atoms with Gasteiger partial charge in [0.15, 0.2) is 0 Å². The number of pyridine rings is 2. The molecule has 0 saturated carbocycles. The van der Waals surface area contributed by atoms with Crippen molar-refractivity contribution >= 4 is 39.3 Å². The zero-order chi connectivity index (χ0) is 22.2. The molecule has 1 aliphatic heterocycles. The fourth-order valence-corrected chi connectivity index (χ4v) is 4.88. The topological polar surface area (TPSA) is 52.3 Å². The highest BCUT2D eigenvalue weighted by Gasteiger charge is 2.16. The average Bonchev–Trinajstić information content (AvgIpc) is 3.11. The van der Waals surface area contributed by atoms with E-state index in [1.54, 1.807) is 16.8 Å². The number of halogens is 2. The van der Waals surface area contributed by atoms with Crippen LogP contribution in [0.25, 0.3) is 22.2 Å². The molecule has 0 radical (unpaired) electrons. The maximum absolute atomic E-state index is 13.7. The molecular formula is C24H22FIN4O2. The van der Waals surface area contributed by atoms with Crippen LogP contribution < -0.4 is 10.5 Å². The molecule has 0 spiro atoms. The van der Waals surface area contributed by atoms with Crippen molar-refractivity contribution in [2.24, 2.45) is 7.05 Å². The van der Waals surface area contributed by atoms with Gasteiger partial charge in [0.2, 0.25) is 0 Å². The smallest absolute Gasteiger partial charge is 0.251 e. The monoisotopic (exact) mass is 544 g/mol. The molecule has 0 unspecified atom stereocenters. The Labute approximate surface area is 198 Å². The van der Waals surface area contributed by atoms with Crippen LogP contribution in [0, 0.1) is 9.39 Å². The third-order valence-corrected chi connectivity index (χ3v) is 6.38. The summed E-state index contributed by atoms with van der Waals surface area (Å²) in [5, 5.41) is 1.01. The number of hydrogen-bond donors (Lipinski definition) is 0. The summed E-state index contributed by atoms with van der Waals surface area (Å²) < 4.78 is 23.6. The Kier molecular flexibility index (Phi) is 5.73. The number of fused-ring (bicyclic) bond motifs is 1. The molecule has 3 aromatic heterocycles. The quantitative estimate of drug-likeness (QED) is 0.365. The molecule has 1 aliphatic rings. The van der Waals surface area contributed by atoms with Crippen molar-refractivity contribution in [3.63, 3.8) is 0 Å². The zero-order valence-electron chi connectivity index (χ0n) is 17.6. The molecule has 8 heteroatoms. The molecule has 5 rings (SSSR count). The molecule has 6 nitrogen and oxygen atoms in total. The number of rotatable bonds is 4. The largest absolute Gasteiger partial charge is 0.378 e. The van der Waals surface area contributed by atoms with Gasteiger partial charge in [-0.3, -0.25) is 4.79 Å². The second-order valence-electron chi connectivity index (χ2n) is 7.98. The van der Waals surface area contributed by atoms with Crippen LogP contribution in [0.5, 0.6) is 0 Å². The van der Waals surface area contributed by atoms with Crippen molar-refractivity contribution in [2.45, 2.75) is 6.54 Å². The lowest BCUT2D eigenvalue weighted by molar-refractivity contribution is 0.122. The summed E-state index contributed by atoms with van der Waals surface area (Å²) >= 11 is 2.08. The molecule has 32 heavy (non-hydrogen) atoms. The Balaban J connectivity index is 1.50. The summed E-state index contributed by atoms with van der Waals surface area (Å²) in [6.45, 7) is 3.42. The van der Waals surface area contributed by atoms with E-state index >= 15 is 0 Å². The first-order chi connectivity index (χ1) is 15.5. The van der Waals surface area contributed by atoms with E-state index in [4.69, 9.17) is 4.74 Å². The van der Waals surface area contributed by atoms with Crippen LogP contribution >= 0.6 is 22.6 Å². The standard InChI is InChI=1S/C24H22FIN4O2/c1-28-15-22(21-12-20(13-27-24(21)28)29-4-6-32-7-5-29)17-2-3-30(23(31)10-17)14-16-8-18(25)11-19(26)9-16/h2-3,8-13,15H,4-7,14H2,1H3. The minimum absolute atomic E-state index is 0.129. The zero-order valence-corrected chi connectivity index (χ0v) is 19.8. The van der Waals surface area contributed by atoms with Gasteiger partial charge in [0.05, 0.1) is 31.6 Å². The van der Waals surface area contributed by atoms with Crippen LogP contribution in [0.3, 0.4) is 0 Å². The second kappa shape index (κ2) is 8.67. The van der Waals surface area contributed by atoms with E-state index in [2.05, 4.69) is 38.5 Å². The number of hydrogen-bond acceptors (Lipinski definition) is 4. The first-order valence-electron chi connectivity index (χ1n) is 10.4. The van der Waals surface area contributed by atoms with Gasteiger partial charge in [-0.1, -0.05) is 0 Å². The summed E-state index contributed by atoms with van der Waals surface area (Å²) in [5.74, 6) is -0.295. The number of anilines is 1. The van der Waals surface area contributed by atoms with E-state index in [0.717, 1.165) is 50.1 Å². The number of ether oxygens (including phenoxy) is 1. The van der Waals surface area contributed by atoms with Gasteiger partial charge in [0.1, 0.15) is 11.5 Å². The minimum atomic E-state index is -0.295. The van der Waals surface area contributed by atoms with Crippen LogP contribution in [0.1, 0.15) is 5.56 Å². The second-order valence-corrected chi connectivity index (χ2v) is 9.22. The van der Waals surface area contributed by atoms with Crippen LogP contribution in [0.2, 0.25) is 0 Å². The predicted octanol–water partition coefficient (Wildman–Crippen LogP) is 4.03. The number of morpholine rings is 1. The van der Waals surface area contributed by atoms with Crippen molar-refractivity contribution in [1.82, 2.24) is 14.1 Å². The first-order valence-corrected chi connectivity index (χ1v) is 11.5. The molecule has 1 saturated heterocycles. The highest BCUT2D eigenvalue weighted by molar-refractivity contribution is 14.1. The van der Waals surface area contributed by atoms with E-state index < -0.39 is 0 Å². The SMILES string of the molecule is Cn1cc(-c2ccn(Cc3cc(F)cc(I)c3)c(=O)c2)c2cc(N3CCOCC3)cnc21. The summed E-state index contributed by atoms with van der Waals surface area (Å²) in [5.41, 5.74) is 4.36. The number of aromatic nitrogens is 3. The predicted molar refractivity (Wildman–Crippen MR) is 132 cm³/mol. The molecule has 1 aromatic carbocycles. The van der Waals surface area contributed by atoms with Crippen LogP contribution in [0.4, 0.5) is 10.1 Å². The Morgan fingerprint density at radius 2 is 1.97 bits per heavy atom. The van der Waals surface area contributed by atoms with Crippen molar-refractivity contribution < 1.29 is 9.13 Å². The van der Waals surface area contributed by atoms with Gasteiger partial charge < -0.3 is 18.8 Å². The fraction of sp³-hybridized carbons (Fsp3) is 0.250. The summed E-state index contributed by atoms with van der Waals surface area (Å²) in [7, 11) is 1.96. The third-order valence-electron chi connectivity index (χ3n) is 5.76. The van der Waals surface area contributed by atoms with Crippen LogP contribution in [-0.2, 0) is 18.3 Å². The van der Waals surface area contributed by atoms with E-state index in [1.807, 2.05) is 36.1 Å². The summed E-state index contributed by atoms with van der Waals surface area (Å²) in [4.78, 5) is 19.8. The molecule has 4 aromatic rings. The number of aryl methyl sites for hydroxylation is 1. The maximum Gasteiger partial charge on any atom is 0.251 e. The Morgan fingerprint density at radius 3 is 2.72 bits per heavy atom. The molecule has 0 N–H and O–H groups in total. The van der Waals surface area contributed by atoms with Gasteiger partial charge in [0, 0.05) is 53.1 Å². The van der Waals surface area contributed by atoms with Crippen molar-refractivity contribution in [2.75, 3.05) is 31.2 Å². The van der Waals surface area contributed by atoms with Gasteiger partial charge in [-0.15, -0.1) is 0 Å². The normalized spacial score (nSPS) is 14.3. The first kappa shape index (κ1) is 21.1. The number of benzene rings is 1. The molecule has 4 heterocycles. The number of nitrogens with zero attached hydrogens (tertiary/aromatic N) is 4. The molecular weight excluding hydrogens is 522 g/mol. The van der Waals surface area contributed by atoms with Crippen molar-refractivity contribution in [3.05, 3.63) is 80.3 Å². The average molecular weight is 544 g/mol. The molecule has 1 fully saturated rings. The van der Waals surface area contributed by atoms with Gasteiger partial charge in [-0.25, -0.2) is 9.37 Å². The van der Waals surface area contributed by atoms with Gasteiger partial charge >= 0.3 is 0 Å². The Bertz CT molecular complexity index is 1340. The van der Waals surface area contributed by atoms with E-state index in [9.17, 15) is 9.18 Å². The Morgan fingerprint density at radius 1 is 1.16 bits per heavy atom. The van der Waals surface area contributed by atoms with Crippen molar-refractivity contribution in [1.29, 1.82) is 0 Å². The summed E-state index contributed by atoms with van der Waals surface area (Å²) in [6, 6.07) is 10.5. The van der Waals surface area contributed by atoms with Gasteiger partial charge in [-0.2, -0.15) is 0 Å². The molecule has 0 atom stereocenters. The van der Waals surface area contributed by atoms with E-state index in [0.29, 0.717) is 19.8 Å². The van der Waals surface area contributed by atoms with Crippen LogP contribution in [-0.4, -0.2) is 40.4 Å². The third kappa shape index (κ3) is 4.16. The lowest BCUT2D eigenvalue weighted by Gasteiger charge is -2.28. The molecule has 0 bridgehead atoms.